The Bertz CT molecular complexity index is 1030. The van der Waals surface area contributed by atoms with Gasteiger partial charge in [0, 0.05) is 30.4 Å². The molecule has 1 fully saturated rings. The molecule has 23 heavy (non-hydrogen) atoms. The van der Waals surface area contributed by atoms with Crippen molar-refractivity contribution >= 4 is 22.7 Å². The van der Waals surface area contributed by atoms with Crippen LogP contribution in [-0.4, -0.2) is 19.5 Å². The van der Waals surface area contributed by atoms with Crippen LogP contribution in [0.15, 0.2) is 29.3 Å². The molecule has 0 saturated heterocycles. The van der Waals surface area contributed by atoms with Gasteiger partial charge >= 0.3 is 0 Å². The first-order valence-corrected chi connectivity index (χ1v) is 8.15. The van der Waals surface area contributed by atoms with Crippen molar-refractivity contribution in [3.05, 3.63) is 51.3 Å². The van der Waals surface area contributed by atoms with Crippen molar-refractivity contribution < 1.29 is 0 Å². The molecule has 0 aromatic carbocycles. The average molecular weight is 308 g/mol. The van der Waals surface area contributed by atoms with Crippen molar-refractivity contribution in [2.75, 3.05) is 0 Å². The van der Waals surface area contributed by atoms with Crippen LogP contribution in [0.4, 0.5) is 0 Å². The van der Waals surface area contributed by atoms with Crippen molar-refractivity contribution in [2.45, 2.75) is 32.1 Å². The van der Waals surface area contributed by atoms with Gasteiger partial charge in [0.2, 0.25) is 0 Å². The molecule has 2 N–H and O–H groups in total. The number of aromatic nitrogens is 4. The first-order chi connectivity index (χ1) is 11.2. The molecule has 118 valence electrons. The van der Waals surface area contributed by atoms with Gasteiger partial charge in [-0.25, -0.2) is 4.98 Å². The molecule has 3 heterocycles. The van der Waals surface area contributed by atoms with Gasteiger partial charge < -0.3 is 9.97 Å². The van der Waals surface area contributed by atoms with Gasteiger partial charge in [0.1, 0.15) is 16.5 Å². The van der Waals surface area contributed by atoms with E-state index in [1.165, 1.54) is 24.8 Å². The molecular formula is C18H20N4O. The van der Waals surface area contributed by atoms with E-state index in [1.807, 2.05) is 31.5 Å². The molecule has 1 aliphatic carbocycles. The van der Waals surface area contributed by atoms with Crippen LogP contribution in [0.3, 0.4) is 0 Å². The highest BCUT2D eigenvalue weighted by Crippen LogP contribution is 2.22. The van der Waals surface area contributed by atoms with Crippen molar-refractivity contribution in [1.29, 1.82) is 0 Å². The fourth-order valence-corrected chi connectivity index (χ4v) is 3.44. The predicted molar refractivity (Wildman–Crippen MR) is 91.4 cm³/mol. The molecule has 4 rings (SSSR count). The van der Waals surface area contributed by atoms with Crippen LogP contribution in [0.25, 0.3) is 22.7 Å². The summed E-state index contributed by atoms with van der Waals surface area (Å²) in [7, 11) is 1.85. The standard InChI is InChI=1S/C18H20N4O/c1-22-17(12-6-3-2-4-7-12)21-15(18(22)23)10-13-11-20-16-14(13)8-5-9-19-16/h5,8-11,21H,2-4,6-7H2,1H3,(H,19,20)/b15-10-. The first-order valence-electron chi connectivity index (χ1n) is 8.15. The van der Waals surface area contributed by atoms with Gasteiger partial charge in [0.05, 0.1) is 0 Å². The topological polar surface area (TPSA) is 66.5 Å². The van der Waals surface area contributed by atoms with Gasteiger partial charge in [-0.05, 0) is 49.5 Å². The van der Waals surface area contributed by atoms with Crippen LogP contribution in [-0.2, 0) is 7.05 Å². The van der Waals surface area contributed by atoms with Gasteiger partial charge in [-0.3, -0.25) is 9.36 Å². The quantitative estimate of drug-likeness (QED) is 0.716. The lowest BCUT2D eigenvalue weighted by atomic mass is 9.95. The Morgan fingerprint density at radius 2 is 2.09 bits per heavy atom. The maximum atomic E-state index is 12.6. The molecule has 3 aromatic rings. The lowest BCUT2D eigenvalue weighted by Gasteiger charge is -2.12. The molecule has 0 unspecified atom stereocenters. The molecule has 0 spiro atoms. The summed E-state index contributed by atoms with van der Waals surface area (Å²) in [5, 5.41) is 1.65. The number of hydrogen-bond acceptors (Lipinski definition) is 2. The third kappa shape index (κ3) is 2.42. The fourth-order valence-electron chi connectivity index (χ4n) is 3.44. The third-order valence-corrected chi connectivity index (χ3v) is 4.70. The Morgan fingerprint density at radius 3 is 2.91 bits per heavy atom. The highest BCUT2D eigenvalue weighted by molar-refractivity contribution is 5.85. The number of H-pyrrole nitrogens is 2. The minimum atomic E-state index is 0.0244. The number of imidazole rings is 1. The summed E-state index contributed by atoms with van der Waals surface area (Å²) >= 11 is 0. The molecular weight excluding hydrogens is 288 g/mol. The summed E-state index contributed by atoms with van der Waals surface area (Å²) in [6.07, 6.45) is 11.5. The minimum absolute atomic E-state index is 0.0244. The van der Waals surface area contributed by atoms with Crippen LogP contribution in [0.5, 0.6) is 0 Å². The van der Waals surface area contributed by atoms with E-state index in [1.54, 1.807) is 10.8 Å². The molecule has 0 amide bonds. The number of hydrogen-bond donors (Lipinski definition) is 2. The van der Waals surface area contributed by atoms with Crippen LogP contribution < -0.4 is 16.4 Å². The second-order valence-electron chi connectivity index (χ2n) is 6.20. The molecule has 0 bridgehead atoms. The van der Waals surface area contributed by atoms with E-state index in [4.69, 9.17) is 0 Å². The van der Waals surface area contributed by atoms with Crippen molar-refractivity contribution in [3.8, 4) is 0 Å². The highest BCUT2D eigenvalue weighted by atomic mass is 16.1. The second kappa shape index (κ2) is 5.57. The number of pyridine rings is 1. The maximum absolute atomic E-state index is 12.6. The Labute approximate surface area is 133 Å². The molecule has 5 nitrogen and oxygen atoms in total. The smallest absolute Gasteiger partial charge is 0.275 e. The summed E-state index contributed by atoms with van der Waals surface area (Å²) in [5.74, 6) is 0. The van der Waals surface area contributed by atoms with Crippen LogP contribution >= 0.6 is 0 Å². The number of nitrogens with zero attached hydrogens (tertiary/aromatic N) is 2. The zero-order valence-corrected chi connectivity index (χ0v) is 13.2. The van der Waals surface area contributed by atoms with Crippen molar-refractivity contribution in [3.63, 3.8) is 0 Å². The Kier molecular flexibility index (Phi) is 3.41. The monoisotopic (exact) mass is 308 g/mol. The van der Waals surface area contributed by atoms with E-state index in [9.17, 15) is 4.79 Å². The number of fused-ring (bicyclic) bond motifs is 1. The molecule has 3 aromatic heterocycles. The summed E-state index contributed by atoms with van der Waals surface area (Å²) < 4.78 is 1.75. The Balaban J connectivity index is 1.91. The summed E-state index contributed by atoms with van der Waals surface area (Å²) in [4.78, 5) is 23.3. The van der Waals surface area contributed by atoms with Crippen molar-refractivity contribution in [2.24, 2.45) is 7.05 Å². The SMILES string of the molecule is Cn1c(=C2CCCCC2)[nH]/c(=C\c2c[nH]c3ncccc23)c1=O. The van der Waals surface area contributed by atoms with E-state index in [0.717, 1.165) is 34.9 Å². The predicted octanol–water partition coefficient (Wildman–Crippen LogP) is 1.53. The molecule has 1 aliphatic rings. The van der Waals surface area contributed by atoms with Gasteiger partial charge in [-0.15, -0.1) is 0 Å². The van der Waals surface area contributed by atoms with E-state index < -0.39 is 0 Å². The zero-order chi connectivity index (χ0) is 15.8. The third-order valence-electron chi connectivity index (χ3n) is 4.70. The number of aromatic amines is 2. The fraction of sp³-hybridized carbons (Fsp3) is 0.333. The average Bonchev–Trinajstić information content (AvgIpc) is 3.13. The van der Waals surface area contributed by atoms with Gasteiger partial charge in [-0.2, -0.15) is 0 Å². The highest BCUT2D eigenvalue weighted by Gasteiger charge is 2.10. The van der Waals surface area contributed by atoms with E-state index in [-0.39, 0.29) is 5.56 Å². The summed E-state index contributed by atoms with van der Waals surface area (Å²) in [5.41, 5.74) is 4.20. The first kappa shape index (κ1) is 14.1. The van der Waals surface area contributed by atoms with Crippen LogP contribution in [0, 0.1) is 0 Å². The van der Waals surface area contributed by atoms with Gasteiger partial charge in [-0.1, -0.05) is 6.42 Å². The van der Waals surface area contributed by atoms with E-state index >= 15 is 0 Å². The van der Waals surface area contributed by atoms with Crippen molar-refractivity contribution in [1.82, 2.24) is 19.5 Å². The lowest BCUT2D eigenvalue weighted by Crippen LogP contribution is -2.29. The summed E-state index contributed by atoms with van der Waals surface area (Å²) in [6.45, 7) is 0. The molecule has 0 aliphatic heterocycles. The molecule has 5 heteroatoms. The van der Waals surface area contributed by atoms with Crippen LogP contribution in [0.1, 0.15) is 37.7 Å². The molecule has 1 saturated carbocycles. The summed E-state index contributed by atoms with van der Waals surface area (Å²) in [6, 6.07) is 3.92. The number of rotatable bonds is 1. The second-order valence-corrected chi connectivity index (χ2v) is 6.20. The maximum Gasteiger partial charge on any atom is 0.275 e. The minimum Gasteiger partial charge on any atom is -0.346 e. The number of nitrogens with one attached hydrogen (secondary N) is 2. The van der Waals surface area contributed by atoms with Gasteiger partial charge in [0.15, 0.2) is 0 Å². The Morgan fingerprint density at radius 1 is 1.26 bits per heavy atom. The lowest BCUT2D eigenvalue weighted by molar-refractivity contribution is 0.635. The van der Waals surface area contributed by atoms with E-state index in [0.29, 0.717) is 5.35 Å². The van der Waals surface area contributed by atoms with E-state index in [2.05, 4.69) is 15.0 Å². The molecule has 0 radical (unpaired) electrons. The van der Waals surface area contributed by atoms with Gasteiger partial charge in [0.25, 0.3) is 5.56 Å². The zero-order valence-electron chi connectivity index (χ0n) is 13.2. The Hall–Kier alpha value is -2.56. The molecule has 0 atom stereocenters. The largest absolute Gasteiger partial charge is 0.346 e. The van der Waals surface area contributed by atoms with Crippen LogP contribution in [0.2, 0.25) is 0 Å². The normalized spacial score (nSPS) is 16.4.